The number of amides is 2. The third-order valence-corrected chi connectivity index (χ3v) is 5.61. The van der Waals surface area contributed by atoms with E-state index < -0.39 is 18.2 Å². The monoisotopic (exact) mass is 474 g/mol. The van der Waals surface area contributed by atoms with Gasteiger partial charge in [-0.1, -0.05) is 24.3 Å². The first-order valence-electron chi connectivity index (χ1n) is 10.6. The zero-order valence-corrected chi connectivity index (χ0v) is 18.9. The van der Waals surface area contributed by atoms with E-state index in [1.807, 2.05) is 0 Å². The second-order valence-electron chi connectivity index (χ2n) is 7.95. The van der Waals surface area contributed by atoms with E-state index in [4.69, 9.17) is 5.11 Å². The summed E-state index contributed by atoms with van der Waals surface area (Å²) in [5.41, 5.74) is 2.75. The Labute approximate surface area is 200 Å². The van der Waals surface area contributed by atoms with Gasteiger partial charge in [-0.05, 0) is 56.3 Å². The van der Waals surface area contributed by atoms with Crippen LogP contribution in [0.15, 0.2) is 82.5 Å². The van der Waals surface area contributed by atoms with Gasteiger partial charge in [0.25, 0.3) is 11.8 Å². The molecular weight excluding hydrogens is 452 g/mol. The van der Waals surface area contributed by atoms with Gasteiger partial charge >= 0.3 is 5.97 Å². The molecule has 178 valence electrons. The number of benzene rings is 2. The van der Waals surface area contributed by atoms with Crippen LogP contribution in [0.5, 0.6) is 0 Å². The number of allylic oxidation sites excluding steroid dienone is 2. The fourth-order valence-electron chi connectivity index (χ4n) is 3.67. The van der Waals surface area contributed by atoms with Gasteiger partial charge in [0.15, 0.2) is 6.29 Å². The molecule has 2 heterocycles. The van der Waals surface area contributed by atoms with E-state index in [0.29, 0.717) is 33.9 Å². The molecule has 35 heavy (non-hydrogen) atoms. The summed E-state index contributed by atoms with van der Waals surface area (Å²) in [6, 6.07) is 12.0. The van der Waals surface area contributed by atoms with Crippen molar-refractivity contribution in [2.75, 3.05) is 10.0 Å². The number of nitrogens with zero attached hydrogens (tertiary/aromatic N) is 4. The molecule has 2 aliphatic rings. The topological polar surface area (TPSA) is 143 Å². The number of hydrogen-bond donors (Lipinski definition) is 3. The van der Waals surface area contributed by atoms with Crippen LogP contribution in [0.2, 0.25) is 0 Å². The number of aromatic carboxylic acids is 1. The summed E-state index contributed by atoms with van der Waals surface area (Å²) in [4.78, 5) is 36.8. The van der Waals surface area contributed by atoms with Crippen LogP contribution in [0.25, 0.3) is 0 Å². The van der Waals surface area contributed by atoms with Crippen LogP contribution in [0, 0.1) is 5.92 Å². The number of anilines is 2. The lowest BCUT2D eigenvalue weighted by Gasteiger charge is -2.13. The molecule has 1 unspecified atom stereocenters. The maximum atomic E-state index is 12.9. The summed E-state index contributed by atoms with van der Waals surface area (Å²) in [6.45, 7) is 3.41. The van der Waals surface area contributed by atoms with Gasteiger partial charge in [-0.3, -0.25) is 9.59 Å². The van der Waals surface area contributed by atoms with Crippen LogP contribution in [-0.2, 0) is 9.59 Å². The number of hydrazone groups is 2. The molecule has 3 N–H and O–H groups in total. The maximum Gasteiger partial charge on any atom is 0.335 e. The Bertz CT molecular complexity index is 1310. The lowest BCUT2D eigenvalue weighted by atomic mass is 10.0. The Hall–Kier alpha value is -4.41. The van der Waals surface area contributed by atoms with Crippen molar-refractivity contribution < 1.29 is 29.7 Å². The van der Waals surface area contributed by atoms with E-state index in [2.05, 4.69) is 10.2 Å². The Morgan fingerprint density at radius 3 is 2.14 bits per heavy atom. The van der Waals surface area contributed by atoms with E-state index in [1.165, 1.54) is 46.4 Å². The molecule has 4 rings (SSSR count). The lowest BCUT2D eigenvalue weighted by molar-refractivity contribution is -0.118. The highest BCUT2D eigenvalue weighted by atomic mass is 16.5. The maximum absolute atomic E-state index is 12.9. The van der Waals surface area contributed by atoms with E-state index in [-0.39, 0.29) is 17.4 Å². The highest BCUT2D eigenvalue weighted by Gasteiger charge is 2.33. The molecule has 2 amide bonds. The number of rotatable bonds is 6. The molecule has 0 bridgehead atoms. The Balaban J connectivity index is 1.47. The largest absolute Gasteiger partial charge is 0.478 e. The van der Waals surface area contributed by atoms with E-state index in [9.17, 15) is 24.6 Å². The van der Waals surface area contributed by atoms with Crippen molar-refractivity contribution in [3.8, 4) is 0 Å². The number of carbonyl (C=O) groups excluding carboxylic acids is 2. The van der Waals surface area contributed by atoms with E-state index in [1.54, 1.807) is 44.2 Å². The summed E-state index contributed by atoms with van der Waals surface area (Å²) in [5, 5.41) is 38.5. The van der Waals surface area contributed by atoms with Crippen molar-refractivity contribution in [1.82, 2.24) is 0 Å². The molecule has 0 radical (unpaired) electrons. The number of aliphatic hydroxyl groups is 2. The number of carboxylic acids is 1. The quantitative estimate of drug-likeness (QED) is 0.434. The molecule has 10 nitrogen and oxygen atoms in total. The Kier molecular flexibility index (Phi) is 6.41. The molecular formula is C25H22N4O6. The van der Waals surface area contributed by atoms with Gasteiger partial charge in [-0.15, -0.1) is 0 Å². The van der Waals surface area contributed by atoms with Gasteiger partial charge in [0.05, 0.1) is 39.9 Å². The minimum absolute atomic E-state index is 0.110. The second-order valence-corrected chi connectivity index (χ2v) is 7.95. The minimum Gasteiger partial charge on any atom is -0.478 e. The van der Waals surface area contributed by atoms with E-state index in [0.717, 1.165) is 0 Å². The van der Waals surface area contributed by atoms with Gasteiger partial charge in [-0.2, -0.15) is 20.2 Å². The summed E-state index contributed by atoms with van der Waals surface area (Å²) in [7, 11) is 0. The number of carboxylic acid groups (broad SMARTS) is 1. The first kappa shape index (κ1) is 23.7. The molecule has 0 saturated carbocycles. The van der Waals surface area contributed by atoms with Gasteiger partial charge in [0.2, 0.25) is 0 Å². The summed E-state index contributed by atoms with van der Waals surface area (Å²) >= 11 is 0. The fraction of sp³-hybridized carbons (Fsp3) is 0.160. The summed E-state index contributed by atoms with van der Waals surface area (Å²) in [6.07, 6.45) is 3.23. The highest BCUT2D eigenvalue weighted by Crippen LogP contribution is 2.27. The Morgan fingerprint density at radius 2 is 1.54 bits per heavy atom. The normalized spacial score (nSPS) is 19.3. The third-order valence-electron chi connectivity index (χ3n) is 5.61. The molecule has 0 saturated heterocycles. The zero-order valence-electron chi connectivity index (χ0n) is 18.9. The predicted octanol–water partition coefficient (Wildman–Crippen LogP) is 2.61. The molecule has 1 atom stereocenters. The molecule has 0 fully saturated rings. The molecule has 10 heteroatoms. The average Bonchev–Trinajstić information content (AvgIpc) is 3.28. The van der Waals surface area contributed by atoms with Crippen LogP contribution in [0.3, 0.4) is 0 Å². The lowest BCUT2D eigenvalue weighted by Crippen LogP contribution is -2.25. The number of hydrogen-bond acceptors (Lipinski definition) is 7. The Morgan fingerprint density at radius 1 is 0.943 bits per heavy atom. The average molecular weight is 474 g/mol. The van der Waals surface area contributed by atoms with Crippen molar-refractivity contribution in [2.24, 2.45) is 16.1 Å². The van der Waals surface area contributed by atoms with Crippen molar-refractivity contribution in [2.45, 2.75) is 20.1 Å². The van der Waals surface area contributed by atoms with Gasteiger partial charge in [0, 0.05) is 5.56 Å². The van der Waals surface area contributed by atoms with Gasteiger partial charge in [-0.25, -0.2) is 4.79 Å². The summed E-state index contributed by atoms with van der Waals surface area (Å²) < 4.78 is 0. The third kappa shape index (κ3) is 4.65. The fourth-order valence-corrected chi connectivity index (χ4v) is 3.67. The van der Waals surface area contributed by atoms with Crippen LogP contribution in [0.4, 0.5) is 11.4 Å². The first-order valence-corrected chi connectivity index (χ1v) is 10.6. The molecule has 0 aliphatic carbocycles. The van der Waals surface area contributed by atoms with Crippen molar-refractivity contribution in [3.63, 3.8) is 0 Å². The summed E-state index contributed by atoms with van der Waals surface area (Å²) in [5.74, 6) is -2.34. The first-order chi connectivity index (χ1) is 16.7. The van der Waals surface area contributed by atoms with Crippen LogP contribution in [0.1, 0.15) is 36.1 Å². The van der Waals surface area contributed by atoms with Crippen molar-refractivity contribution >= 4 is 40.6 Å². The van der Waals surface area contributed by atoms with Crippen LogP contribution >= 0.6 is 0 Å². The van der Waals surface area contributed by atoms with Gasteiger partial charge < -0.3 is 15.3 Å². The molecule has 0 aromatic heterocycles. The number of carbonyl (C=O) groups is 3. The molecule has 2 aromatic rings. The molecule has 2 aromatic carbocycles. The minimum atomic E-state index is -1.60. The predicted molar refractivity (Wildman–Crippen MR) is 129 cm³/mol. The van der Waals surface area contributed by atoms with Crippen molar-refractivity contribution in [1.29, 1.82) is 0 Å². The van der Waals surface area contributed by atoms with Crippen LogP contribution in [-0.4, -0.2) is 44.5 Å². The smallest absolute Gasteiger partial charge is 0.335 e. The number of aliphatic hydroxyl groups excluding tert-OH is 1. The molecule has 0 spiro atoms. The highest BCUT2D eigenvalue weighted by molar-refractivity contribution is 6.29. The van der Waals surface area contributed by atoms with Crippen LogP contribution < -0.4 is 10.0 Å². The molecule has 2 aliphatic heterocycles. The SMILES string of the molecule is CC1=NN(c2ccc(C(O)O)cc2)C(=O)/C1=C/C=C/C1C(=O)N(c2ccc(C(=O)O)cc2)N=C1C. The zero-order chi connectivity index (χ0) is 25.3. The second kappa shape index (κ2) is 9.45. The van der Waals surface area contributed by atoms with E-state index >= 15 is 0 Å². The van der Waals surface area contributed by atoms with Gasteiger partial charge in [0.1, 0.15) is 0 Å². The standard InChI is InChI=1S/C25H22N4O6/c1-14-20(22(30)28(26-14)18-10-6-16(7-11-18)24(32)33)4-3-5-21-15(2)27-29(23(21)31)19-12-8-17(9-13-19)25(34)35/h3-13,20,25,34-35H,1-2H3,(H,32,33)/b4-3+,21-5+. The van der Waals surface area contributed by atoms with Crippen molar-refractivity contribution in [3.05, 3.63) is 83.5 Å².